The van der Waals surface area contributed by atoms with Gasteiger partial charge in [0.05, 0.1) is 7.11 Å². The smallest absolute Gasteiger partial charge is 0.147 e. The van der Waals surface area contributed by atoms with Gasteiger partial charge in [0.25, 0.3) is 0 Å². The molecule has 0 atom stereocenters. The second kappa shape index (κ2) is 5.01. The summed E-state index contributed by atoms with van der Waals surface area (Å²) in [7, 11) is 3.63. The topological polar surface area (TPSA) is 27.1 Å². The molecule has 0 radical (unpaired) electrons. The number of benzene rings is 1. The molecule has 0 saturated heterocycles. The first-order valence-corrected chi connectivity index (χ1v) is 5.61. The minimum Gasteiger partial charge on any atom is -0.494 e. The summed E-state index contributed by atoms with van der Waals surface area (Å²) >= 11 is 0. The van der Waals surface area contributed by atoms with Gasteiger partial charge in [-0.15, -0.1) is 0 Å². The highest BCUT2D eigenvalue weighted by Crippen LogP contribution is 2.27. The number of hydrogen-bond acceptors (Lipinski definition) is 2. The van der Waals surface area contributed by atoms with Crippen LogP contribution in [0.15, 0.2) is 12.1 Å². The van der Waals surface area contributed by atoms with Crippen LogP contribution in [-0.4, -0.2) is 16.9 Å². The molecule has 0 saturated carbocycles. The van der Waals surface area contributed by atoms with Gasteiger partial charge >= 0.3 is 0 Å². The summed E-state index contributed by atoms with van der Waals surface area (Å²) in [5.74, 6) is 0.851. The molecule has 1 aromatic heterocycles. The van der Waals surface area contributed by atoms with Crippen molar-refractivity contribution >= 4 is 10.9 Å². The Morgan fingerprint density at radius 2 is 1.81 bits per heavy atom. The Morgan fingerprint density at radius 3 is 2.38 bits per heavy atom. The number of ether oxygens (including phenoxy) is 1. The molecular weight excluding hydrogens is 200 g/mol. The molecule has 0 N–H and O–H groups in total. The SMILES string of the molecule is CC.COc1cc(C)cc2c(C)n(C)nc12. The zero-order valence-electron chi connectivity index (χ0n) is 11.0. The summed E-state index contributed by atoms with van der Waals surface area (Å²) in [5, 5.41) is 5.59. The Kier molecular flexibility index (Phi) is 3.93. The van der Waals surface area contributed by atoms with Gasteiger partial charge in [0.15, 0.2) is 0 Å². The summed E-state index contributed by atoms with van der Waals surface area (Å²) in [6, 6.07) is 4.15. The second-order valence-electron chi connectivity index (χ2n) is 3.57. The van der Waals surface area contributed by atoms with E-state index < -0.39 is 0 Å². The highest BCUT2D eigenvalue weighted by molar-refractivity contribution is 5.87. The first kappa shape index (κ1) is 12.6. The van der Waals surface area contributed by atoms with Crippen LogP contribution >= 0.6 is 0 Å². The van der Waals surface area contributed by atoms with Gasteiger partial charge < -0.3 is 4.74 Å². The molecule has 0 bridgehead atoms. The largest absolute Gasteiger partial charge is 0.494 e. The summed E-state index contributed by atoms with van der Waals surface area (Å²) in [6.45, 7) is 8.13. The lowest BCUT2D eigenvalue weighted by molar-refractivity contribution is 0.418. The molecule has 0 aliphatic heterocycles. The predicted molar refractivity (Wildman–Crippen MR) is 68.1 cm³/mol. The first-order chi connectivity index (χ1) is 7.63. The van der Waals surface area contributed by atoms with Gasteiger partial charge in [-0.25, -0.2) is 0 Å². The number of methoxy groups -OCH3 is 1. The Morgan fingerprint density at radius 1 is 1.19 bits per heavy atom. The van der Waals surface area contributed by atoms with Gasteiger partial charge in [0.2, 0.25) is 0 Å². The molecule has 2 aromatic rings. The number of hydrogen-bond donors (Lipinski definition) is 0. The van der Waals surface area contributed by atoms with E-state index in [1.165, 1.54) is 16.6 Å². The third-order valence-electron chi connectivity index (χ3n) is 2.56. The molecule has 0 fully saturated rings. The number of rotatable bonds is 1. The summed E-state index contributed by atoms with van der Waals surface area (Å²) in [4.78, 5) is 0. The maximum Gasteiger partial charge on any atom is 0.147 e. The van der Waals surface area contributed by atoms with Crippen LogP contribution in [0.3, 0.4) is 0 Å². The second-order valence-corrected chi connectivity index (χ2v) is 3.57. The summed E-state index contributed by atoms with van der Waals surface area (Å²) in [5.41, 5.74) is 3.31. The lowest BCUT2D eigenvalue weighted by atomic mass is 10.1. The summed E-state index contributed by atoms with van der Waals surface area (Å²) in [6.07, 6.45) is 0. The third-order valence-corrected chi connectivity index (χ3v) is 2.56. The van der Waals surface area contributed by atoms with Gasteiger partial charge in [-0.2, -0.15) is 5.10 Å². The molecular formula is C13H20N2O. The van der Waals surface area contributed by atoms with Gasteiger partial charge in [-0.1, -0.05) is 13.8 Å². The molecule has 0 amide bonds. The van der Waals surface area contributed by atoms with Crippen molar-refractivity contribution in [3.05, 3.63) is 23.4 Å². The molecule has 0 unspecified atom stereocenters. The van der Waals surface area contributed by atoms with E-state index in [0.717, 1.165) is 11.3 Å². The molecule has 3 nitrogen and oxygen atoms in total. The number of aromatic nitrogens is 2. The minimum atomic E-state index is 0.851. The quantitative estimate of drug-likeness (QED) is 0.737. The Bertz CT molecular complexity index is 486. The van der Waals surface area contributed by atoms with E-state index in [-0.39, 0.29) is 0 Å². The normalized spacial score (nSPS) is 9.88. The maximum absolute atomic E-state index is 5.30. The van der Waals surface area contributed by atoms with Crippen LogP contribution in [0, 0.1) is 13.8 Å². The average molecular weight is 220 g/mol. The fourth-order valence-corrected chi connectivity index (χ4v) is 1.68. The summed E-state index contributed by atoms with van der Waals surface area (Å²) < 4.78 is 7.18. The molecule has 0 spiro atoms. The fourth-order valence-electron chi connectivity index (χ4n) is 1.68. The average Bonchev–Trinajstić information content (AvgIpc) is 2.58. The minimum absolute atomic E-state index is 0.851. The standard InChI is InChI=1S/C11H14N2O.C2H6/c1-7-5-9-8(2)13(3)12-11(9)10(6-7)14-4;1-2/h5-6H,1-4H3;1-2H3. The number of fused-ring (bicyclic) bond motifs is 1. The lowest BCUT2D eigenvalue weighted by Crippen LogP contribution is -1.91. The molecule has 3 heteroatoms. The molecule has 0 aliphatic carbocycles. The number of aryl methyl sites for hydroxylation is 3. The zero-order valence-corrected chi connectivity index (χ0v) is 11.0. The Labute approximate surface area is 97.0 Å². The van der Waals surface area contributed by atoms with E-state index in [0.29, 0.717) is 0 Å². The van der Waals surface area contributed by atoms with Crippen molar-refractivity contribution < 1.29 is 4.74 Å². The van der Waals surface area contributed by atoms with Crippen molar-refractivity contribution in [2.24, 2.45) is 7.05 Å². The Hall–Kier alpha value is -1.51. The molecule has 2 rings (SSSR count). The van der Waals surface area contributed by atoms with Crippen molar-refractivity contribution in [2.45, 2.75) is 27.7 Å². The molecule has 1 aromatic carbocycles. The maximum atomic E-state index is 5.30. The van der Waals surface area contributed by atoms with Crippen molar-refractivity contribution in [3.63, 3.8) is 0 Å². The van der Waals surface area contributed by atoms with E-state index in [9.17, 15) is 0 Å². The van der Waals surface area contributed by atoms with Gasteiger partial charge in [0.1, 0.15) is 11.3 Å². The van der Waals surface area contributed by atoms with Crippen LogP contribution in [0.4, 0.5) is 0 Å². The van der Waals surface area contributed by atoms with Crippen LogP contribution in [0.25, 0.3) is 10.9 Å². The van der Waals surface area contributed by atoms with E-state index >= 15 is 0 Å². The third kappa shape index (κ3) is 2.03. The van der Waals surface area contributed by atoms with Crippen LogP contribution in [-0.2, 0) is 7.05 Å². The van der Waals surface area contributed by atoms with Gasteiger partial charge in [-0.05, 0) is 31.5 Å². The highest BCUT2D eigenvalue weighted by Gasteiger charge is 2.09. The van der Waals surface area contributed by atoms with E-state index in [2.05, 4.69) is 25.0 Å². The molecule has 0 aliphatic rings. The van der Waals surface area contributed by atoms with Gasteiger partial charge in [0, 0.05) is 18.1 Å². The zero-order chi connectivity index (χ0) is 12.3. The van der Waals surface area contributed by atoms with Crippen molar-refractivity contribution in [1.82, 2.24) is 9.78 Å². The molecule has 1 heterocycles. The van der Waals surface area contributed by atoms with Crippen LogP contribution in [0.1, 0.15) is 25.1 Å². The van der Waals surface area contributed by atoms with Gasteiger partial charge in [-0.3, -0.25) is 4.68 Å². The first-order valence-electron chi connectivity index (χ1n) is 5.61. The number of nitrogens with zero attached hydrogens (tertiary/aromatic N) is 2. The van der Waals surface area contributed by atoms with Crippen molar-refractivity contribution in [1.29, 1.82) is 0 Å². The fraction of sp³-hybridized carbons (Fsp3) is 0.462. The molecule has 88 valence electrons. The monoisotopic (exact) mass is 220 g/mol. The van der Waals surface area contributed by atoms with Crippen molar-refractivity contribution in [2.75, 3.05) is 7.11 Å². The lowest BCUT2D eigenvalue weighted by Gasteiger charge is -2.01. The van der Waals surface area contributed by atoms with E-state index in [1.807, 2.05) is 31.6 Å². The highest BCUT2D eigenvalue weighted by atomic mass is 16.5. The van der Waals surface area contributed by atoms with E-state index in [4.69, 9.17) is 4.74 Å². The molecule has 16 heavy (non-hydrogen) atoms. The van der Waals surface area contributed by atoms with Crippen LogP contribution < -0.4 is 4.74 Å². The van der Waals surface area contributed by atoms with Crippen molar-refractivity contribution in [3.8, 4) is 5.75 Å². The Balaban J connectivity index is 0.000000606. The van der Waals surface area contributed by atoms with E-state index in [1.54, 1.807) is 7.11 Å². The predicted octanol–water partition coefficient (Wildman–Crippen LogP) is 3.22. The van der Waals surface area contributed by atoms with Crippen LogP contribution in [0.5, 0.6) is 5.75 Å². The van der Waals surface area contributed by atoms with Crippen LogP contribution in [0.2, 0.25) is 0 Å².